The standard InChI is InChI=1S/C22H26N2O2.C2H6/c1-24-12-19(17-8-9-23-21(17)22(24)25)18-10-15-6-3-7-16(15)11-20(18)26-13-14-4-2-5-14;1-2/h8-12,14-16,23H,2-7,13H2,1H3;1-2H3. The number of aromatic amines is 1. The number of H-pyrrole nitrogens is 1. The number of allylic oxidation sites excluding steroid dienone is 3. The zero-order chi connectivity index (χ0) is 19.7. The second-order valence-corrected chi connectivity index (χ2v) is 8.20. The van der Waals surface area contributed by atoms with Gasteiger partial charge in [0.05, 0.1) is 6.61 Å². The van der Waals surface area contributed by atoms with Gasteiger partial charge in [0.25, 0.3) is 5.56 Å². The Labute approximate surface area is 167 Å². The average Bonchev–Trinajstić information content (AvgIpc) is 3.33. The predicted octanol–water partition coefficient (Wildman–Crippen LogP) is 5.41. The Morgan fingerprint density at radius 2 is 1.82 bits per heavy atom. The van der Waals surface area contributed by atoms with Crippen molar-refractivity contribution in [3.8, 4) is 0 Å². The van der Waals surface area contributed by atoms with Crippen LogP contribution in [0.5, 0.6) is 0 Å². The molecule has 0 saturated heterocycles. The van der Waals surface area contributed by atoms with E-state index in [0.29, 0.717) is 23.3 Å². The van der Waals surface area contributed by atoms with Gasteiger partial charge in [0.15, 0.2) is 0 Å². The van der Waals surface area contributed by atoms with Crippen LogP contribution in [0.3, 0.4) is 0 Å². The highest BCUT2D eigenvalue weighted by atomic mass is 16.5. The van der Waals surface area contributed by atoms with Crippen molar-refractivity contribution in [2.75, 3.05) is 6.61 Å². The third kappa shape index (κ3) is 3.34. The lowest BCUT2D eigenvalue weighted by Gasteiger charge is -2.29. The van der Waals surface area contributed by atoms with Gasteiger partial charge in [0.1, 0.15) is 11.3 Å². The maximum Gasteiger partial charge on any atom is 0.274 e. The first-order valence-corrected chi connectivity index (χ1v) is 10.9. The Morgan fingerprint density at radius 1 is 1.11 bits per heavy atom. The lowest BCUT2D eigenvalue weighted by atomic mass is 9.84. The zero-order valence-electron chi connectivity index (χ0n) is 17.3. The molecule has 5 rings (SSSR count). The molecule has 0 bridgehead atoms. The Kier molecular flexibility index (Phi) is 5.47. The monoisotopic (exact) mass is 380 g/mol. The third-order valence-corrected chi connectivity index (χ3v) is 6.52. The van der Waals surface area contributed by atoms with Crippen LogP contribution >= 0.6 is 0 Å². The molecule has 3 aliphatic carbocycles. The van der Waals surface area contributed by atoms with Gasteiger partial charge in [0.2, 0.25) is 0 Å². The van der Waals surface area contributed by atoms with Gasteiger partial charge in [-0.05, 0) is 55.6 Å². The summed E-state index contributed by atoms with van der Waals surface area (Å²) in [5, 5.41) is 0.994. The normalized spacial score (nSPS) is 24.0. The van der Waals surface area contributed by atoms with Crippen LogP contribution in [0.15, 0.2) is 41.2 Å². The highest BCUT2D eigenvalue weighted by molar-refractivity contribution is 5.95. The van der Waals surface area contributed by atoms with Crippen molar-refractivity contribution >= 4 is 16.5 Å². The van der Waals surface area contributed by atoms with E-state index in [4.69, 9.17) is 4.74 Å². The summed E-state index contributed by atoms with van der Waals surface area (Å²) in [6.07, 6.45) is 16.3. The molecule has 0 aromatic carbocycles. The van der Waals surface area contributed by atoms with Crippen LogP contribution in [0.4, 0.5) is 0 Å². The molecule has 2 aromatic heterocycles. The highest BCUT2D eigenvalue weighted by Crippen LogP contribution is 2.44. The molecule has 0 spiro atoms. The summed E-state index contributed by atoms with van der Waals surface area (Å²) in [7, 11) is 1.83. The molecule has 3 aliphatic rings. The lowest BCUT2D eigenvalue weighted by molar-refractivity contribution is 0.128. The SMILES string of the molecule is CC.Cn1cc(C2=CC3CCCC3C=C2OCC2CCC2)c2cc[nH]c2c1=O. The number of hydrogen-bond donors (Lipinski definition) is 1. The number of aromatic nitrogens is 2. The van der Waals surface area contributed by atoms with Gasteiger partial charge in [-0.3, -0.25) is 4.79 Å². The van der Waals surface area contributed by atoms with E-state index >= 15 is 0 Å². The number of fused-ring (bicyclic) bond motifs is 2. The third-order valence-electron chi connectivity index (χ3n) is 6.52. The van der Waals surface area contributed by atoms with Crippen LogP contribution in [-0.4, -0.2) is 16.2 Å². The van der Waals surface area contributed by atoms with Crippen LogP contribution in [0.1, 0.15) is 57.9 Å². The maximum absolute atomic E-state index is 12.4. The van der Waals surface area contributed by atoms with E-state index in [9.17, 15) is 4.79 Å². The molecule has 2 fully saturated rings. The Bertz CT molecular complexity index is 959. The molecule has 2 atom stereocenters. The zero-order valence-corrected chi connectivity index (χ0v) is 17.3. The molecular weight excluding hydrogens is 348 g/mol. The molecule has 0 aliphatic heterocycles. The van der Waals surface area contributed by atoms with Crippen molar-refractivity contribution in [2.24, 2.45) is 24.8 Å². The van der Waals surface area contributed by atoms with Crippen LogP contribution < -0.4 is 5.56 Å². The minimum Gasteiger partial charge on any atom is -0.493 e. The summed E-state index contributed by atoms with van der Waals surface area (Å²) in [6, 6.07) is 2.01. The van der Waals surface area contributed by atoms with Gasteiger partial charge in [0, 0.05) is 36.0 Å². The quantitative estimate of drug-likeness (QED) is 0.771. The smallest absolute Gasteiger partial charge is 0.274 e. The summed E-state index contributed by atoms with van der Waals surface area (Å²) in [5.41, 5.74) is 2.98. The first kappa shape index (κ1) is 19.1. The molecule has 0 radical (unpaired) electrons. The van der Waals surface area contributed by atoms with E-state index in [1.54, 1.807) is 4.57 Å². The first-order valence-electron chi connectivity index (χ1n) is 10.9. The molecule has 150 valence electrons. The maximum atomic E-state index is 12.4. The number of hydrogen-bond acceptors (Lipinski definition) is 2. The summed E-state index contributed by atoms with van der Waals surface area (Å²) >= 11 is 0. The van der Waals surface area contributed by atoms with Crippen molar-refractivity contribution < 1.29 is 4.74 Å². The topological polar surface area (TPSA) is 47.0 Å². The fourth-order valence-corrected chi connectivity index (χ4v) is 4.71. The molecule has 0 amide bonds. The number of nitrogens with one attached hydrogen (secondary N) is 1. The molecule has 4 nitrogen and oxygen atoms in total. The van der Waals surface area contributed by atoms with E-state index in [-0.39, 0.29) is 5.56 Å². The van der Waals surface area contributed by atoms with Crippen molar-refractivity contribution in [1.82, 2.24) is 9.55 Å². The average molecular weight is 381 g/mol. The van der Waals surface area contributed by atoms with Crippen LogP contribution in [0, 0.1) is 17.8 Å². The number of aryl methyl sites for hydroxylation is 1. The number of rotatable bonds is 4. The fraction of sp³-hybridized carbons (Fsp3) is 0.542. The minimum absolute atomic E-state index is 0.0184. The minimum atomic E-state index is 0.0184. The van der Waals surface area contributed by atoms with E-state index < -0.39 is 0 Å². The van der Waals surface area contributed by atoms with Gasteiger partial charge in [-0.25, -0.2) is 0 Å². The summed E-state index contributed by atoms with van der Waals surface area (Å²) < 4.78 is 8.03. The Balaban J connectivity index is 0.000000932. The van der Waals surface area contributed by atoms with Gasteiger partial charge in [-0.2, -0.15) is 0 Å². The van der Waals surface area contributed by atoms with Gasteiger partial charge < -0.3 is 14.3 Å². The molecule has 2 unspecified atom stereocenters. The molecule has 4 heteroatoms. The summed E-state index contributed by atoms with van der Waals surface area (Å²) in [4.78, 5) is 15.5. The molecule has 28 heavy (non-hydrogen) atoms. The van der Waals surface area contributed by atoms with Gasteiger partial charge >= 0.3 is 0 Å². The molecule has 2 heterocycles. The van der Waals surface area contributed by atoms with E-state index in [1.165, 1.54) is 44.1 Å². The molecule has 1 N–H and O–H groups in total. The highest BCUT2D eigenvalue weighted by Gasteiger charge is 2.31. The van der Waals surface area contributed by atoms with Crippen LogP contribution in [-0.2, 0) is 11.8 Å². The summed E-state index contributed by atoms with van der Waals surface area (Å²) in [6.45, 7) is 4.82. The predicted molar refractivity (Wildman–Crippen MR) is 115 cm³/mol. The largest absolute Gasteiger partial charge is 0.493 e. The van der Waals surface area contributed by atoms with Crippen LogP contribution in [0.2, 0.25) is 0 Å². The molecular formula is C24H32N2O2. The summed E-state index contributed by atoms with van der Waals surface area (Å²) in [5.74, 6) is 2.96. The molecule has 2 aromatic rings. The van der Waals surface area contributed by atoms with Crippen molar-refractivity contribution in [1.29, 1.82) is 0 Å². The van der Waals surface area contributed by atoms with Crippen molar-refractivity contribution in [3.05, 3.63) is 52.3 Å². The Morgan fingerprint density at radius 3 is 2.54 bits per heavy atom. The van der Waals surface area contributed by atoms with Gasteiger partial charge in [-0.1, -0.05) is 32.8 Å². The first-order chi connectivity index (χ1) is 13.7. The van der Waals surface area contributed by atoms with Crippen molar-refractivity contribution in [3.63, 3.8) is 0 Å². The molecule has 2 saturated carbocycles. The van der Waals surface area contributed by atoms with Gasteiger partial charge in [-0.15, -0.1) is 0 Å². The number of pyridine rings is 1. The van der Waals surface area contributed by atoms with E-state index in [1.807, 2.05) is 39.4 Å². The second kappa shape index (κ2) is 8.02. The van der Waals surface area contributed by atoms with E-state index in [0.717, 1.165) is 23.3 Å². The number of ether oxygens (including phenoxy) is 1. The Hall–Kier alpha value is -2.23. The van der Waals surface area contributed by atoms with Crippen LogP contribution in [0.25, 0.3) is 16.5 Å². The van der Waals surface area contributed by atoms with E-state index in [2.05, 4.69) is 17.1 Å². The lowest BCUT2D eigenvalue weighted by Crippen LogP contribution is -2.21. The van der Waals surface area contributed by atoms with Crippen molar-refractivity contribution in [2.45, 2.75) is 52.4 Å². The fourth-order valence-electron chi connectivity index (χ4n) is 4.71. The second-order valence-electron chi connectivity index (χ2n) is 8.20. The number of nitrogens with zero attached hydrogens (tertiary/aromatic N) is 1.